The van der Waals surface area contributed by atoms with Crippen molar-refractivity contribution in [2.45, 2.75) is 44.6 Å². The molecular weight excluding hydrogens is 122 g/mol. The van der Waals surface area contributed by atoms with E-state index in [0.29, 0.717) is 6.04 Å². The van der Waals surface area contributed by atoms with Crippen LogP contribution in [-0.2, 0) is 0 Å². The lowest BCUT2D eigenvalue weighted by Crippen LogP contribution is -2.33. The van der Waals surface area contributed by atoms with Gasteiger partial charge in [0.1, 0.15) is 0 Å². The molecule has 0 amide bonds. The molecule has 0 aliphatic heterocycles. The Morgan fingerprint density at radius 1 is 0.900 bits per heavy atom. The van der Waals surface area contributed by atoms with Gasteiger partial charge in [0.15, 0.2) is 0 Å². The van der Waals surface area contributed by atoms with Gasteiger partial charge in [-0.2, -0.15) is 0 Å². The minimum atomic E-state index is 0.560. The highest BCUT2D eigenvalue weighted by Gasteiger charge is 2.34. The summed E-state index contributed by atoms with van der Waals surface area (Å²) in [6.45, 7) is 0. The van der Waals surface area contributed by atoms with Crippen LogP contribution in [0.3, 0.4) is 0 Å². The molecule has 0 spiro atoms. The van der Waals surface area contributed by atoms with Crippen LogP contribution < -0.4 is 5.73 Å². The molecule has 1 heteroatoms. The van der Waals surface area contributed by atoms with E-state index in [9.17, 15) is 0 Å². The highest BCUT2D eigenvalue weighted by molar-refractivity contribution is 4.88. The summed E-state index contributed by atoms with van der Waals surface area (Å²) >= 11 is 0. The highest BCUT2D eigenvalue weighted by atomic mass is 14.7. The van der Waals surface area contributed by atoms with Crippen LogP contribution in [0.5, 0.6) is 0 Å². The molecule has 0 radical (unpaired) electrons. The van der Waals surface area contributed by atoms with Gasteiger partial charge in [0.2, 0.25) is 0 Å². The molecule has 10 heavy (non-hydrogen) atoms. The smallest absolute Gasteiger partial charge is 0.00698 e. The molecule has 0 aromatic rings. The van der Waals surface area contributed by atoms with E-state index in [1.165, 1.54) is 38.5 Å². The minimum absolute atomic E-state index is 0.560. The van der Waals surface area contributed by atoms with E-state index < -0.39 is 0 Å². The van der Waals surface area contributed by atoms with Crippen molar-refractivity contribution in [2.75, 3.05) is 0 Å². The van der Waals surface area contributed by atoms with Crippen LogP contribution in [0.1, 0.15) is 38.5 Å². The lowest BCUT2D eigenvalue weighted by Gasteiger charge is -2.33. The topological polar surface area (TPSA) is 26.0 Å². The molecule has 2 atom stereocenters. The van der Waals surface area contributed by atoms with Gasteiger partial charge in [-0.25, -0.2) is 0 Å². The Labute approximate surface area is 63.0 Å². The van der Waals surface area contributed by atoms with Gasteiger partial charge in [-0.15, -0.1) is 0 Å². The van der Waals surface area contributed by atoms with Crippen molar-refractivity contribution in [3.8, 4) is 0 Å². The van der Waals surface area contributed by atoms with E-state index in [2.05, 4.69) is 0 Å². The third kappa shape index (κ3) is 0.968. The van der Waals surface area contributed by atoms with E-state index in [1.807, 2.05) is 0 Å². The molecular formula is C9H17N. The Bertz CT molecular complexity index is 118. The van der Waals surface area contributed by atoms with Crippen molar-refractivity contribution in [1.82, 2.24) is 0 Å². The maximum Gasteiger partial charge on any atom is 0.00698 e. The van der Waals surface area contributed by atoms with Crippen LogP contribution in [0.4, 0.5) is 0 Å². The zero-order chi connectivity index (χ0) is 6.97. The van der Waals surface area contributed by atoms with Crippen molar-refractivity contribution in [3.63, 3.8) is 0 Å². The Morgan fingerprint density at radius 2 is 1.60 bits per heavy atom. The molecule has 2 rings (SSSR count). The van der Waals surface area contributed by atoms with E-state index in [4.69, 9.17) is 5.73 Å². The second kappa shape index (κ2) is 2.54. The fourth-order valence-corrected chi connectivity index (χ4v) is 2.47. The van der Waals surface area contributed by atoms with Crippen molar-refractivity contribution in [1.29, 1.82) is 0 Å². The number of nitrogens with two attached hydrogens (primary N) is 1. The Balaban J connectivity index is 1.90. The van der Waals surface area contributed by atoms with Gasteiger partial charge < -0.3 is 5.73 Å². The zero-order valence-corrected chi connectivity index (χ0v) is 6.55. The molecule has 2 saturated carbocycles. The predicted octanol–water partition coefficient (Wildman–Crippen LogP) is 1.91. The first-order valence-corrected chi connectivity index (χ1v) is 4.63. The fraction of sp³-hybridized carbons (Fsp3) is 1.00. The Morgan fingerprint density at radius 3 is 2.00 bits per heavy atom. The molecule has 0 heterocycles. The third-order valence-corrected chi connectivity index (χ3v) is 3.38. The number of hydrogen-bond acceptors (Lipinski definition) is 1. The molecule has 2 fully saturated rings. The lowest BCUT2D eigenvalue weighted by atomic mass is 9.74. The average molecular weight is 139 g/mol. The summed E-state index contributed by atoms with van der Waals surface area (Å²) in [6.07, 6.45) is 8.51. The molecule has 0 unspecified atom stereocenters. The Kier molecular flexibility index (Phi) is 1.69. The molecule has 2 aliphatic rings. The SMILES string of the molecule is N[C@@H]1CCC[C@H]1C1CCC1. The van der Waals surface area contributed by atoms with Gasteiger partial charge in [0.05, 0.1) is 0 Å². The third-order valence-electron chi connectivity index (χ3n) is 3.38. The largest absolute Gasteiger partial charge is 0.327 e. The van der Waals surface area contributed by atoms with Crippen molar-refractivity contribution < 1.29 is 0 Å². The van der Waals surface area contributed by atoms with Crippen LogP contribution in [-0.4, -0.2) is 6.04 Å². The van der Waals surface area contributed by atoms with E-state index >= 15 is 0 Å². The molecule has 0 bridgehead atoms. The fourth-order valence-electron chi connectivity index (χ4n) is 2.47. The standard InChI is InChI=1S/C9H17N/c10-9-6-2-5-8(9)7-3-1-4-7/h7-9H,1-6,10H2/t8-,9+/m0/s1. The normalized spacial score (nSPS) is 41.7. The van der Waals surface area contributed by atoms with Crippen LogP contribution in [0.15, 0.2) is 0 Å². The summed E-state index contributed by atoms with van der Waals surface area (Å²) in [5.41, 5.74) is 5.99. The van der Waals surface area contributed by atoms with E-state index in [-0.39, 0.29) is 0 Å². The van der Waals surface area contributed by atoms with Crippen LogP contribution in [0, 0.1) is 11.8 Å². The second-order valence-electron chi connectivity index (χ2n) is 3.95. The van der Waals surface area contributed by atoms with Crippen molar-refractivity contribution in [3.05, 3.63) is 0 Å². The predicted molar refractivity (Wildman–Crippen MR) is 42.7 cm³/mol. The molecule has 1 nitrogen and oxygen atoms in total. The summed E-state index contributed by atoms with van der Waals surface area (Å²) < 4.78 is 0. The van der Waals surface area contributed by atoms with Gasteiger partial charge in [-0.05, 0) is 24.7 Å². The molecule has 0 aromatic carbocycles. The first-order chi connectivity index (χ1) is 4.88. The maximum absolute atomic E-state index is 5.99. The van der Waals surface area contributed by atoms with E-state index in [1.54, 1.807) is 0 Å². The highest BCUT2D eigenvalue weighted by Crippen LogP contribution is 2.41. The second-order valence-corrected chi connectivity index (χ2v) is 3.95. The number of hydrogen-bond donors (Lipinski definition) is 1. The average Bonchev–Trinajstić information content (AvgIpc) is 2.12. The molecule has 2 aliphatic carbocycles. The molecule has 0 aromatic heterocycles. The first-order valence-electron chi connectivity index (χ1n) is 4.63. The number of rotatable bonds is 1. The summed E-state index contributed by atoms with van der Waals surface area (Å²) in [4.78, 5) is 0. The summed E-state index contributed by atoms with van der Waals surface area (Å²) in [5.74, 6) is 1.94. The molecule has 58 valence electrons. The summed E-state index contributed by atoms with van der Waals surface area (Å²) in [7, 11) is 0. The monoisotopic (exact) mass is 139 g/mol. The maximum atomic E-state index is 5.99. The minimum Gasteiger partial charge on any atom is -0.327 e. The molecule has 2 N–H and O–H groups in total. The van der Waals surface area contributed by atoms with Gasteiger partial charge in [-0.1, -0.05) is 25.7 Å². The zero-order valence-electron chi connectivity index (χ0n) is 6.55. The van der Waals surface area contributed by atoms with Gasteiger partial charge in [-0.3, -0.25) is 0 Å². The van der Waals surface area contributed by atoms with Crippen LogP contribution >= 0.6 is 0 Å². The summed E-state index contributed by atoms with van der Waals surface area (Å²) in [5, 5.41) is 0. The van der Waals surface area contributed by atoms with Crippen molar-refractivity contribution >= 4 is 0 Å². The van der Waals surface area contributed by atoms with Crippen LogP contribution in [0.25, 0.3) is 0 Å². The molecule has 0 saturated heterocycles. The van der Waals surface area contributed by atoms with Crippen molar-refractivity contribution in [2.24, 2.45) is 17.6 Å². The first kappa shape index (κ1) is 6.66. The quantitative estimate of drug-likeness (QED) is 0.590. The lowest BCUT2D eigenvalue weighted by molar-refractivity contribution is 0.194. The Hall–Kier alpha value is -0.0400. The van der Waals surface area contributed by atoms with Crippen LogP contribution in [0.2, 0.25) is 0 Å². The summed E-state index contributed by atoms with van der Waals surface area (Å²) in [6, 6.07) is 0.560. The van der Waals surface area contributed by atoms with Gasteiger partial charge >= 0.3 is 0 Å². The van der Waals surface area contributed by atoms with E-state index in [0.717, 1.165) is 11.8 Å². The van der Waals surface area contributed by atoms with Gasteiger partial charge in [0.25, 0.3) is 0 Å². The van der Waals surface area contributed by atoms with Gasteiger partial charge in [0, 0.05) is 6.04 Å².